The van der Waals surface area contributed by atoms with Crippen LogP contribution in [0.1, 0.15) is 51.9 Å². The number of cyclic esters (lactones) is 1. The van der Waals surface area contributed by atoms with Crippen molar-refractivity contribution in [3.05, 3.63) is 12.2 Å². The number of ether oxygens (including phenoxy) is 2. The van der Waals surface area contributed by atoms with Crippen LogP contribution in [0.5, 0.6) is 0 Å². The molecule has 25 heavy (non-hydrogen) atoms. The summed E-state index contributed by atoms with van der Waals surface area (Å²) < 4.78 is 10.4. The highest BCUT2D eigenvalue weighted by Gasteiger charge is 2.29. The molecule has 0 aliphatic carbocycles. The van der Waals surface area contributed by atoms with Crippen molar-refractivity contribution in [2.75, 3.05) is 0 Å². The Morgan fingerprint density at radius 3 is 2.64 bits per heavy atom. The van der Waals surface area contributed by atoms with E-state index in [1.807, 2.05) is 6.92 Å². The number of hydrogen-bond donors (Lipinski definition) is 3. The number of esters is 2. The molecular weight excluding hydrogens is 332 g/mol. The molecule has 0 aromatic carbocycles. The fourth-order valence-electron chi connectivity index (χ4n) is 2.40. The lowest BCUT2D eigenvalue weighted by molar-refractivity contribution is -0.161. The largest absolute Gasteiger partial charge is 0.481 e. The SMILES string of the molecule is CCCC[C@@H]1OC(=O)CC[C@@H](OC(=O)CCC(=O)O)/C=C/[C@@H](O)[C@H]1O. The average Bonchev–Trinajstić information content (AvgIpc) is 2.57. The molecule has 0 fully saturated rings. The van der Waals surface area contributed by atoms with Gasteiger partial charge < -0.3 is 24.8 Å². The lowest BCUT2D eigenvalue weighted by Crippen LogP contribution is -2.40. The first-order valence-corrected chi connectivity index (χ1v) is 8.48. The van der Waals surface area contributed by atoms with Crippen molar-refractivity contribution >= 4 is 17.9 Å². The maximum absolute atomic E-state index is 11.9. The molecule has 8 nitrogen and oxygen atoms in total. The molecule has 4 atom stereocenters. The normalized spacial score (nSPS) is 28.7. The van der Waals surface area contributed by atoms with Gasteiger partial charge in [0.2, 0.25) is 0 Å². The van der Waals surface area contributed by atoms with Gasteiger partial charge in [0.15, 0.2) is 0 Å². The number of unbranched alkanes of at least 4 members (excludes halogenated alkanes) is 1. The molecule has 0 amide bonds. The minimum absolute atomic E-state index is 0.0212. The van der Waals surface area contributed by atoms with Crippen molar-refractivity contribution in [2.45, 2.75) is 76.3 Å². The lowest BCUT2D eigenvalue weighted by Gasteiger charge is -2.27. The molecule has 1 aliphatic heterocycles. The number of aliphatic carboxylic acids is 1. The van der Waals surface area contributed by atoms with Gasteiger partial charge in [0.05, 0.1) is 12.8 Å². The van der Waals surface area contributed by atoms with Crippen LogP contribution in [0.3, 0.4) is 0 Å². The highest BCUT2D eigenvalue weighted by molar-refractivity contribution is 5.76. The number of carboxylic acids is 1. The van der Waals surface area contributed by atoms with Crippen molar-refractivity contribution in [3.63, 3.8) is 0 Å². The van der Waals surface area contributed by atoms with Gasteiger partial charge in [-0.25, -0.2) is 0 Å². The van der Waals surface area contributed by atoms with Crippen LogP contribution >= 0.6 is 0 Å². The second kappa shape index (κ2) is 10.8. The van der Waals surface area contributed by atoms with Gasteiger partial charge in [-0.05, 0) is 25.3 Å². The van der Waals surface area contributed by atoms with Crippen LogP contribution in [0.4, 0.5) is 0 Å². The summed E-state index contributed by atoms with van der Waals surface area (Å²) in [4.78, 5) is 34.0. The minimum Gasteiger partial charge on any atom is -0.481 e. The molecule has 8 heteroatoms. The van der Waals surface area contributed by atoms with Gasteiger partial charge in [-0.2, -0.15) is 0 Å². The van der Waals surface area contributed by atoms with Crippen molar-refractivity contribution < 1.29 is 39.2 Å². The molecular formula is C17H26O8. The smallest absolute Gasteiger partial charge is 0.306 e. The maximum atomic E-state index is 11.9. The van der Waals surface area contributed by atoms with Crippen molar-refractivity contribution in [1.82, 2.24) is 0 Å². The van der Waals surface area contributed by atoms with E-state index >= 15 is 0 Å². The topological polar surface area (TPSA) is 130 Å². The Kier molecular flexibility index (Phi) is 9.15. The number of rotatable bonds is 7. The molecule has 1 rings (SSSR count). The van der Waals surface area contributed by atoms with Gasteiger partial charge in [0, 0.05) is 6.42 Å². The van der Waals surface area contributed by atoms with E-state index in [1.54, 1.807) is 0 Å². The van der Waals surface area contributed by atoms with Gasteiger partial charge in [0.1, 0.15) is 24.4 Å². The van der Waals surface area contributed by atoms with E-state index in [-0.39, 0.29) is 25.7 Å². The Hall–Kier alpha value is -1.93. The molecule has 0 unspecified atom stereocenters. The Morgan fingerprint density at radius 1 is 1.28 bits per heavy atom. The maximum Gasteiger partial charge on any atom is 0.306 e. The van der Waals surface area contributed by atoms with Crippen molar-refractivity contribution in [3.8, 4) is 0 Å². The highest BCUT2D eigenvalue weighted by Crippen LogP contribution is 2.18. The third kappa shape index (κ3) is 8.13. The summed E-state index contributed by atoms with van der Waals surface area (Å²) >= 11 is 0. The summed E-state index contributed by atoms with van der Waals surface area (Å²) in [5, 5.41) is 28.8. The van der Waals surface area contributed by atoms with Crippen molar-refractivity contribution in [1.29, 1.82) is 0 Å². The molecule has 0 spiro atoms. The highest BCUT2D eigenvalue weighted by atomic mass is 16.6. The van der Waals surface area contributed by atoms with Gasteiger partial charge in [0.25, 0.3) is 0 Å². The average molecular weight is 358 g/mol. The molecule has 0 radical (unpaired) electrons. The molecule has 0 aromatic heterocycles. The van der Waals surface area contributed by atoms with E-state index in [1.165, 1.54) is 12.2 Å². The first-order valence-electron chi connectivity index (χ1n) is 8.48. The number of aliphatic hydroxyl groups is 2. The van der Waals surface area contributed by atoms with E-state index in [4.69, 9.17) is 14.6 Å². The quantitative estimate of drug-likeness (QED) is 0.453. The zero-order valence-corrected chi connectivity index (χ0v) is 14.3. The number of aliphatic hydroxyl groups excluding tert-OH is 2. The van der Waals surface area contributed by atoms with Crippen LogP contribution in [0.15, 0.2) is 12.2 Å². The molecule has 1 aliphatic rings. The van der Waals surface area contributed by atoms with Gasteiger partial charge in [-0.1, -0.05) is 19.4 Å². The third-order valence-corrected chi connectivity index (χ3v) is 3.84. The van der Waals surface area contributed by atoms with Crippen LogP contribution in [-0.4, -0.2) is 57.6 Å². The fourth-order valence-corrected chi connectivity index (χ4v) is 2.40. The molecule has 142 valence electrons. The second-order valence-corrected chi connectivity index (χ2v) is 6.00. The Labute approximate surface area is 146 Å². The fraction of sp³-hybridized carbons (Fsp3) is 0.706. The summed E-state index contributed by atoms with van der Waals surface area (Å²) in [6.45, 7) is 1.97. The first kappa shape index (κ1) is 21.1. The van der Waals surface area contributed by atoms with E-state index in [0.717, 1.165) is 12.8 Å². The predicted octanol–water partition coefficient (Wildman–Crippen LogP) is 0.937. The van der Waals surface area contributed by atoms with Crippen LogP contribution in [0.2, 0.25) is 0 Å². The molecule has 3 N–H and O–H groups in total. The van der Waals surface area contributed by atoms with E-state index in [9.17, 15) is 24.6 Å². The minimum atomic E-state index is -1.27. The number of hydrogen-bond acceptors (Lipinski definition) is 7. The molecule has 0 aromatic rings. The van der Waals surface area contributed by atoms with E-state index < -0.39 is 42.3 Å². The Bertz CT molecular complexity index is 487. The summed E-state index contributed by atoms with van der Waals surface area (Å²) in [5.41, 5.74) is 0. The molecule has 0 saturated carbocycles. The second-order valence-electron chi connectivity index (χ2n) is 6.00. The van der Waals surface area contributed by atoms with Crippen LogP contribution < -0.4 is 0 Å². The van der Waals surface area contributed by atoms with E-state index in [0.29, 0.717) is 6.42 Å². The molecule has 1 heterocycles. The molecule has 0 saturated heterocycles. The van der Waals surface area contributed by atoms with E-state index in [2.05, 4.69) is 0 Å². The first-order chi connectivity index (χ1) is 11.8. The Morgan fingerprint density at radius 2 is 2.00 bits per heavy atom. The zero-order valence-electron chi connectivity index (χ0n) is 14.3. The number of carbonyl (C=O) groups is 3. The van der Waals surface area contributed by atoms with Gasteiger partial charge in [-0.3, -0.25) is 14.4 Å². The summed E-state index contributed by atoms with van der Waals surface area (Å²) in [6.07, 6.45) is 0.125. The van der Waals surface area contributed by atoms with Crippen molar-refractivity contribution in [2.24, 2.45) is 0 Å². The monoisotopic (exact) mass is 358 g/mol. The van der Waals surface area contributed by atoms with Crippen LogP contribution in [0.25, 0.3) is 0 Å². The summed E-state index contributed by atoms with van der Waals surface area (Å²) in [7, 11) is 0. The molecule has 0 bridgehead atoms. The summed E-state index contributed by atoms with van der Waals surface area (Å²) in [5.74, 6) is -2.37. The Balaban J connectivity index is 2.73. The van der Waals surface area contributed by atoms with Crippen LogP contribution in [-0.2, 0) is 23.9 Å². The van der Waals surface area contributed by atoms with Gasteiger partial charge in [-0.15, -0.1) is 0 Å². The number of carbonyl (C=O) groups excluding carboxylic acids is 2. The van der Waals surface area contributed by atoms with Gasteiger partial charge >= 0.3 is 17.9 Å². The zero-order chi connectivity index (χ0) is 18.8. The standard InChI is InChI=1S/C17H26O8/c1-2-3-4-13-17(23)12(18)7-5-11(6-9-16(22)25-13)24-15(21)10-8-14(19)20/h5,7,11-13,17-18,23H,2-4,6,8-10H2,1H3,(H,19,20)/b7-5+/t11-,12+,13-,17+/m0/s1. The third-order valence-electron chi connectivity index (χ3n) is 3.84. The number of carboxylic acid groups (broad SMARTS) is 1. The summed E-state index contributed by atoms with van der Waals surface area (Å²) in [6, 6.07) is 0. The predicted molar refractivity (Wildman–Crippen MR) is 86.5 cm³/mol. The lowest BCUT2D eigenvalue weighted by atomic mass is 10.0. The van der Waals surface area contributed by atoms with Crippen LogP contribution in [0, 0.1) is 0 Å².